The number of para-hydroxylation sites is 1. The second-order valence-corrected chi connectivity index (χ2v) is 6.16. The molecule has 0 atom stereocenters. The van der Waals surface area contributed by atoms with Crippen molar-refractivity contribution in [3.8, 4) is 5.75 Å². The van der Waals surface area contributed by atoms with E-state index in [-0.39, 0.29) is 11.5 Å². The lowest BCUT2D eigenvalue weighted by Gasteiger charge is -2.11. The van der Waals surface area contributed by atoms with Crippen LogP contribution in [0.25, 0.3) is 10.9 Å². The van der Waals surface area contributed by atoms with Crippen molar-refractivity contribution in [3.63, 3.8) is 0 Å². The van der Waals surface area contributed by atoms with Crippen molar-refractivity contribution < 1.29 is 15.0 Å². The molecule has 122 valence electrons. The Bertz CT molecular complexity index is 915. The number of nitrogens with zero attached hydrogens (tertiary/aromatic N) is 2. The van der Waals surface area contributed by atoms with E-state index >= 15 is 0 Å². The summed E-state index contributed by atoms with van der Waals surface area (Å²) in [4.78, 5) is 19.7. The second-order valence-electron chi connectivity index (χ2n) is 5.20. The van der Waals surface area contributed by atoms with Gasteiger partial charge in [0, 0.05) is 5.39 Å². The first-order valence-corrected chi connectivity index (χ1v) is 8.19. The summed E-state index contributed by atoms with van der Waals surface area (Å²) < 4.78 is 0. The number of aromatic hydroxyl groups is 1. The molecule has 1 aromatic heterocycles. The number of aromatic nitrogens is 2. The Morgan fingerprint density at radius 3 is 2.79 bits per heavy atom. The minimum atomic E-state index is -0.909. The number of phenolic OH excluding ortho intramolecular Hbond substituents is 1. The van der Waals surface area contributed by atoms with Crippen LogP contribution in [0.1, 0.15) is 5.56 Å². The number of thioether (sulfide) groups is 1. The van der Waals surface area contributed by atoms with Crippen LogP contribution < -0.4 is 5.32 Å². The van der Waals surface area contributed by atoms with Crippen molar-refractivity contribution in [2.45, 2.75) is 11.9 Å². The number of benzene rings is 2. The van der Waals surface area contributed by atoms with Gasteiger partial charge < -0.3 is 15.5 Å². The molecule has 0 unspecified atom stereocenters. The van der Waals surface area contributed by atoms with Crippen LogP contribution >= 0.6 is 11.8 Å². The highest BCUT2D eigenvalue weighted by Gasteiger charge is 2.11. The number of nitrogens with one attached hydrogen (secondary N) is 1. The lowest BCUT2D eigenvalue weighted by molar-refractivity contribution is -0.133. The zero-order chi connectivity index (χ0) is 17.1. The van der Waals surface area contributed by atoms with Gasteiger partial charge in [-0.1, -0.05) is 36.0 Å². The SMILES string of the molecule is Cc1ccc(O)c(Nc2nc(SCC(=O)O)c3ccccc3n2)c1. The number of hydrogen-bond acceptors (Lipinski definition) is 6. The van der Waals surface area contributed by atoms with E-state index in [0.29, 0.717) is 22.2 Å². The molecule has 0 spiro atoms. The highest BCUT2D eigenvalue weighted by molar-refractivity contribution is 8.00. The van der Waals surface area contributed by atoms with Gasteiger partial charge in [0.1, 0.15) is 10.8 Å². The number of aliphatic carboxylic acids is 1. The molecule has 3 aromatic rings. The predicted molar refractivity (Wildman–Crippen MR) is 94.0 cm³/mol. The van der Waals surface area contributed by atoms with E-state index in [1.165, 1.54) is 0 Å². The normalized spacial score (nSPS) is 10.7. The van der Waals surface area contributed by atoms with E-state index in [1.807, 2.05) is 31.2 Å². The summed E-state index contributed by atoms with van der Waals surface area (Å²) in [5.74, 6) is -0.594. The Hall–Kier alpha value is -2.80. The first kappa shape index (κ1) is 16.1. The molecule has 0 saturated heterocycles. The van der Waals surface area contributed by atoms with Gasteiger partial charge in [0.15, 0.2) is 0 Å². The summed E-state index contributed by atoms with van der Waals surface area (Å²) in [6.45, 7) is 1.92. The molecular formula is C17H15N3O3S. The Morgan fingerprint density at radius 1 is 1.21 bits per heavy atom. The molecule has 0 aliphatic carbocycles. The van der Waals surface area contributed by atoms with Gasteiger partial charge in [0.25, 0.3) is 0 Å². The molecule has 0 fully saturated rings. The fourth-order valence-corrected chi connectivity index (χ4v) is 2.95. The molecule has 3 N–H and O–H groups in total. The highest BCUT2D eigenvalue weighted by atomic mass is 32.2. The predicted octanol–water partition coefficient (Wildman–Crippen LogP) is 3.56. The number of fused-ring (bicyclic) bond motifs is 1. The van der Waals surface area contributed by atoms with Crippen molar-refractivity contribution in [2.75, 3.05) is 11.1 Å². The molecule has 1 heterocycles. The van der Waals surface area contributed by atoms with Gasteiger partial charge in [0.05, 0.1) is 17.0 Å². The molecular weight excluding hydrogens is 326 g/mol. The lowest BCUT2D eigenvalue weighted by Crippen LogP contribution is -2.02. The van der Waals surface area contributed by atoms with Gasteiger partial charge in [-0.3, -0.25) is 4.79 Å². The largest absolute Gasteiger partial charge is 0.506 e. The standard InChI is InChI=1S/C17H15N3O3S/c1-10-6-7-14(21)13(8-10)19-17-18-12-5-3-2-4-11(12)16(20-17)24-9-15(22)23/h2-8,21H,9H2,1H3,(H,22,23)(H,18,19,20). The van der Waals surface area contributed by atoms with Crippen molar-refractivity contribution in [1.29, 1.82) is 0 Å². The Balaban J connectivity index is 2.01. The first-order valence-electron chi connectivity index (χ1n) is 7.21. The van der Waals surface area contributed by atoms with Crippen LogP contribution in [0.2, 0.25) is 0 Å². The Morgan fingerprint density at radius 2 is 2.00 bits per heavy atom. The van der Waals surface area contributed by atoms with Crippen LogP contribution in [-0.2, 0) is 4.79 Å². The number of anilines is 2. The molecule has 24 heavy (non-hydrogen) atoms. The third-order valence-electron chi connectivity index (χ3n) is 3.30. The topological polar surface area (TPSA) is 95.3 Å². The zero-order valence-electron chi connectivity index (χ0n) is 12.9. The minimum Gasteiger partial charge on any atom is -0.506 e. The number of carbonyl (C=O) groups is 1. The smallest absolute Gasteiger partial charge is 0.313 e. The number of aryl methyl sites for hydroxylation is 1. The van der Waals surface area contributed by atoms with Gasteiger partial charge in [-0.05, 0) is 30.7 Å². The molecule has 0 aliphatic rings. The quantitative estimate of drug-likeness (QED) is 0.371. The number of carboxylic acid groups (broad SMARTS) is 1. The number of phenols is 1. The van der Waals surface area contributed by atoms with Crippen molar-refractivity contribution in [3.05, 3.63) is 48.0 Å². The maximum atomic E-state index is 10.9. The van der Waals surface area contributed by atoms with E-state index < -0.39 is 5.97 Å². The summed E-state index contributed by atoms with van der Waals surface area (Å²) in [5.41, 5.74) is 2.19. The highest BCUT2D eigenvalue weighted by Crippen LogP contribution is 2.30. The average molecular weight is 341 g/mol. The van der Waals surface area contributed by atoms with Crippen molar-refractivity contribution in [1.82, 2.24) is 9.97 Å². The van der Waals surface area contributed by atoms with Crippen LogP contribution in [0.4, 0.5) is 11.6 Å². The van der Waals surface area contributed by atoms with Crippen LogP contribution in [0.15, 0.2) is 47.5 Å². The van der Waals surface area contributed by atoms with E-state index in [2.05, 4.69) is 15.3 Å². The van der Waals surface area contributed by atoms with Gasteiger partial charge in [-0.25, -0.2) is 9.97 Å². The first-order chi connectivity index (χ1) is 11.5. The second kappa shape index (κ2) is 6.76. The molecule has 0 bridgehead atoms. The number of hydrogen-bond donors (Lipinski definition) is 3. The molecule has 6 nitrogen and oxygen atoms in total. The third kappa shape index (κ3) is 3.57. The fraction of sp³-hybridized carbons (Fsp3) is 0.118. The molecule has 0 radical (unpaired) electrons. The summed E-state index contributed by atoms with van der Waals surface area (Å²) in [6, 6.07) is 12.6. The average Bonchev–Trinajstić information content (AvgIpc) is 2.56. The van der Waals surface area contributed by atoms with Crippen LogP contribution in [0.3, 0.4) is 0 Å². The maximum absolute atomic E-state index is 10.9. The van der Waals surface area contributed by atoms with Gasteiger partial charge in [-0.2, -0.15) is 0 Å². The number of carboxylic acids is 1. The van der Waals surface area contributed by atoms with Gasteiger partial charge >= 0.3 is 5.97 Å². The third-order valence-corrected chi connectivity index (χ3v) is 4.28. The monoisotopic (exact) mass is 341 g/mol. The van der Waals surface area contributed by atoms with Crippen LogP contribution in [0, 0.1) is 6.92 Å². The summed E-state index contributed by atoms with van der Waals surface area (Å²) >= 11 is 1.14. The molecule has 0 saturated carbocycles. The Kier molecular flexibility index (Phi) is 4.52. The molecule has 0 amide bonds. The van der Waals surface area contributed by atoms with Crippen molar-refractivity contribution in [2.24, 2.45) is 0 Å². The molecule has 3 rings (SSSR count). The summed E-state index contributed by atoms with van der Waals surface area (Å²) in [6.07, 6.45) is 0. The van der Waals surface area contributed by atoms with E-state index in [1.54, 1.807) is 18.2 Å². The molecule has 0 aliphatic heterocycles. The van der Waals surface area contributed by atoms with Gasteiger partial charge in [-0.15, -0.1) is 0 Å². The van der Waals surface area contributed by atoms with Crippen LogP contribution in [-0.4, -0.2) is 31.9 Å². The maximum Gasteiger partial charge on any atom is 0.313 e. The minimum absolute atomic E-state index is 0.0872. The summed E-state index contributed by atoms with van der Waals surface area (Å²) in [5, 5.41) is 23.2. The lowest BCUT2D eigenvalue weighted by atomic mass is 10.2. The van der Waals surface area contributed by atoms with Crippen molar-refractivity contribution >= 4 is 40.3 Å². The molecule has 2 aromatic carbocycles. The fourth-order valence-electron chi connectivity index (χ4n) is 2.21. The van der Waals surface area contributed by atoms with Crippen LogP contribution in [0.5, 0.6) is 5.75 Å². The summed E-state index contributed by atoms with van der Waals surface area (Å²) in [7, 11) is 0. The zero-order valence-corrected chi connectivity index (χ0v) is 13.7. The van der Waals surface area contributed by atoms with Gasteiger partial charge in [0.2, 0.25) is 5.95 Å². The number of rotatable bonds is 5. The Labute approximate surface area is 142 Å². The van der Waals surface area contributed by atoms with E-state index in [9.17, 15) is 9.90 Å². The van der Waals surface area contributed by atoms with E-state index in [4.69, 9.17) is 5.11 Å². The molecule has 7 heteroatoms. The van der Waals surface area contributed by atoms with E-state index in [0.717, 1.165) is 22.7 Å².